The second-order valence-electron chi connectivity index (χ2n) is 7.42. The first-order chi connectivity index (χ1) is 9.78. The van der Waals surface area contributed by atoms with Crippen LogP contribution in [0.15, 0.2) is 0 Å². The quantitative estimate of drug-likeness (QED) is 0.832. The zero-order chi connectivity index (χ0) is 13.9. The summed E-state index contributed by atoms with van der Waals surface area (Å²) in [5.74, 6) is 1.85. The monoisotopic (exact) mass is 279 g/mol. The van der Waals surface area contributed by atoms with Crippen molar-refractivity contribution < 1.29 is 0 Å². The molecule has 3 heterocycles. The van der Waals surface area contributed by atoms with Crippen molar-refractivity contribution in [3.63, 3.8) is 0 Å². The zero-order valence-corrected chi connectivity index (χ0v) is 13.5. The first-order valence-electron chi connectivity index (χ1n) is 8.97. The van der Waals surface area contributed by atoms with Gasteiger partial charge in [0, 0.05) is 44.8 Å². The third-order valence-corrected chi connectivity index (χ3v) is 5.85. The Bertz CT molecular complexity index is 299. The first kappa shape index (κ1) is 14.8. The van der Waals surface area contributed by atoms with Crippen molar-refractivity contribution in [3.8, 4) is 0 Å². The van der Waals surface area contributed by atoms with Crippen molar-refractivity contribution in [1.82, 2.24) is 15.1 Å². The maximum absolute atomic E-state index is 3.95. The van der Waals surface area contributed by atoms with Gasteiger partial charge >= 0.3 is 0 Å². The maximum Gasteiger partial charge on any atom is 0.0380 e. The summed E-state index contributed by atoms with van der Waals surface area (Å²) < 4.78 is 0. The Morgan fingerprint density at radius 3 is 2.55 bits per heavy atom. The Morgan fingerprint density at radius 2 is 1.95 bits per heavy atom. The first-order valence-corrected chi connectivity index (χ1v) is 8.97. The lowest BCUT2D eigenvalue weighted by molar-refractivity contribution is -0.0182. The van der Waals surface area contributed by atoms with Crippen molar-refractivity contribution in [2.24, 2.45) is 11.8 Å². The second-order valence-corrected chi connectivity index (χ2v) is 7.42. The van der Waals surface area contributed by atoms with Crippen LogP contribution in [-0.4, -0.2) is 61.2 Å². The highest BCUT2D eigenvalue weighted by atomic mass is 15.4. The molecule has 4 fully saturated rings. The molecular formula is C17H33N3. The molecule has 1 N–H and O–H groups in total. The van der Waals surface area contributed by atoms with Crippen molar-refractivity contribution in [1.29, 1.82) is 0 Å². The normalized spacial score (nSPS) is 42.6. The van der Waals surface area contributed by atoms with Gasteiger partial charge in [-0.05, 0) is 37.6 Å². The summed E-state index contributed by atoms with van der Waals surface area (Å²) >= 11 is 0. The molecule has 0 aromatic rings. The smallest absolute Gasteiger partial charge is 0.0380 e. The molecule has 4 aliphatic rings. The van der Waals surface area contributed by atoms with Gasteiger partial charge in [0.2, 0.25) is 0 Å². The van der Waals surface area contributed by atoms with E-state index in [9.17, 15) is 0 Å². The second kappa shape index (κ2) is 6.76. The molecule has 2 bridgehead atoms. The molecular weight excluding hydrogens is 246 g/mol. The number of nitrogens with one attached hydrogen (secondary N) is 1. The minimum absolute atomic E-state index is 0.737. The van der Waals surface area contributed by atoms with Crippen LogP contribution in [0.3, 0.4) is 0 Å². The third-order valence-electron chi connectivity index (χ3n) is 5.85. The van der Waals surface area contributed by atoms with Gasteiger partial charge in [-0.1, -0.05) is 26.7 Å². The van der Waals surface area contributed by atoms with E-state index in [0.29, 0.717) is 0 Å². The summed E-state index contributed by atoms with van der Waals surface area (Å²) in [7, 11) is 0. The van der Waals surface area contributed by atoms with Crippen LogP contribution in [-0.2, 0) is 0 Å². The molecule has 3 nitrogen and oxygen atoms in total. The molecule has 1 aliphatic carbocycles. The molecule has 4 atom stereocenters. The Balaban J connectivity index is 1.68. The fourth-order valence-corrected chi connectivity index (χ4v) is 4.73. The predicted molar refractivity (Wildman–Crippen MR) is 85.0 cm³/mol. The van der Waals surface area contributed by atoms with E-state index in [-0.39, 0.29) is 0 Å². The number of piperazine rings is 3. The zero-order valence-electron chi connectivity index (χ0n) is 13.5. The molecule has 0 aromatic carbocycles. The van der Waals surface area contributed by atoms with Gasteiger partial charge in [0.25, 0.3) is 0 Å². The highest BCUT2D eigenvalue weighted by molar-refractivity contribution is 4.98. The third kappa shape index (κ3) is 3.20. The van der Waals surface area contributed by atoms with E-state index < -0.39 is 0 Å². The molecule has 3 heteroatoms. The molecule has 0 spiro atoms. The Kier molecular flexibility index (Phi) is 5.00. The van der Waals surface area contributed by atoms with Crippen LogP contribution in [0, 0.1) is 11.8 Å². The van der Waals surface area contributed by atoms with Crippen LogP contribution in [0.2, 0.25) is 0 Å². The number of hydrogen-bond donors (Lipinski definition) is 1. The Morgan fingerprint density at radius 1 is 1.15 bits per heavy atom. The van der Waals surface area contributed by atoms with Crippen LogP contribution < -0.4 is 5.32 Å². The van der Waals surface area contributed by atoms with Crippen LogP contribution in [0.5, 0.6) is 0 Å². The lowest BCUT2D eigenvalue weighted by Gasteiger charge is -2.52. The molecule has 3 saturated heterocycles. The minimum Gasteiger partial charge on any atom is -0.312 e. The van der Waals surface area contributed by atoms with Gasteiger partial charge in [0.05, 0.1) is 0 Å². The number of nitrogens with zero attached hydrogens (tertiary/aromatic N) is 2. The van der Waals surface area contributed by atoms with E-state index in [1.807, 2.05) is 0 Å². The largest absolute Gasteiger partial charge is 0.312 e. The van der Waals surface area contributed by atoms with Crippen molar-refractivity contribution >= 4 is 0 Å². The van der Waals surface area contributed by atoms with Crippen LogP contribution in [0.1, 0.15) is 46.0 Å². The molecule has 0 radical (unpaired) electrons. The van der Waals surface area contributed by atoms with Crippen LogP contribution in [0.4, 0.5) is 0 Å². The van der Waals surface area contributed by atoms with E-state index in [0.717, 1.165) is 23.9 Å². The lowest BCUT2D eigenvalue weighted by atomic mass is 9.75. The summed E-state index contributed by atoms with van der Waals surface area (Å²) in [6.45, 7) is 12.5. The van der Waals surface area contributed by atoms with Gasteiger partial charge in [-0.2, -0.15) is 0 Å². The molecule has 1 saturated carbocycles. The number of hydrogen-bond acceptors (Lipinski definition) is 3. The van der Waals surface area contributed by atoms with Gasteiger partial charge in [-0.3, -0.25) is 9.80 Å². The van der Waals surface area contributed by atoms with Crippen LogP contribution >= 0.6 is 0 Å². The molecule has 4 rings (SSSR count). The fraction of sp³-hybridized carbons (Fsp3) is 1.00. The standard InChI is InChI=1S/C17H33N3/c1-3-7-18-17(15-6-4-5-14(2)12-15)16-13-19-8-10-20(16)11-9-19/h14-18H,3-13H2,1-2H3. The molecule has 116 valence electrons. The molecule has 20 heavy (non-hydrogen) atoms. The van der Waals surface area contributed by atoms with Gasteiger partial charge < -0.3 is 5.32 Å². The molecule has 0 amide bonds. The molecule has 4 unspecified atom stereocenters. The van der Waals surface area contributed by atoms with E-state index in [2.05, 4.69) is 29.0 Å². The highest BCUT2D eigenvalue weighted by Crippen LogP contribution is 2.34. The fourth-order valence-electron chi connectivity index (χ4n) is 4.73. The Labute approximate surface area is 125 Å². The summed E-state index contributed by atoms with van der Waals surface area (Å²) in [5, 5.41) is 3.95. The van der Waals surface area contributed by atoms with E-state index in [1.165, 1.54) is 71.4 Å². The van der Waals surface area contributed by atoms with E-state index in [4.69, 9.17) is 0 Å². The van der Waals surface area contributed by atoms with Crippen LogP contribution in [0.25, 0.3) is 0 Å². The SMILES string of the molecule is CCCNC(C1CCCC(C)C1)C1CN2CCN1CC2. The van der Waals surface area contributed by atoms with Gasteiger partial charge in [-0.15, -0.1) is 0 Å². The van der Waals surface area contributed by atoms with Crippen molar-refractivity contribution in [2.45, 2.75) is 58.0 Å². The van der Waals surface area contributed by atoms with Gasteiger partial charge in [-0.25, -0.2) is 0 Å². The summed E-state index contributed by atoms with van der Waals surface area (Å²) in [6, 6.07) is 1.51. The average molecular weight is 279 g/mol. The van der Waals surface area contributed by atoms with Crippen molar-refractivity contribution in [3.05, 3.63) is 0 Å². The summed E-state index contributed by atoms with van der Waals surface area (Å²) in [5.41, 5.74) is 0. The van der Waals surface area contributed by atoms with E-state index in [1.54, 1.807) is 0 Å². The average Bonchev–Trinajstić information content (AvgIpc) is 2.49. The highest BCUT2D eigenvalue weighted by Gasteiger charge is 2.40. The Hall–Kier alpha value is -0.120. The summed E-state index contributed by atoms with van der Waals surface area (Å²) in [6.07, 6.45) is 7.07. The van der Waals surface area contributed by atoms with Gasteiger partial charge in [0.1, 0.15) is 0 Å². The van der Waals surface area contributed by atoms with Crippen molar-refractivity contribution in [2.75, 3.05) is 39.3 Å². The number of rotatable bonds is 5. The predicted octanol–water partition coefficient (Wildman–Crippen LogP) is 2.18. The topological polar surface area (TPSA) is 18.5 Å². The lowest BCUT2D eigenvalue weighted by Crippen LogP contribution is -2.67. The minimum atomic E-state index is 0.737. The summed E-state index contributed by atoms with van der Waals surface area (Å²) in [4.78, 5) is 5.48. The molecule has 0 aromatic heterocycles. The number of fused-ring (bicyclic) bond motifs is 3. The van der Waals surface area contributed by atoms with E-state index >= 15 is 0 Å². The van der Waals surface area contributed by atoms with Gasteiger partial charge in [0.15, 0.2) is 0 Å². The molecule has 3 aliphatic heterocycles. The maximum atomic E-state index is 3.95.